The molecule has 0 unspecified atom stereocenters. The number of halogens is 1. The van der Waals surface area contributed by atoms with Gasteiger partial charge < -0.3 is 5.32 Å². The highest BCUT2D eigenvalue weighted by Crippen LogP contribution is 2.17. The number of pyridine rings is 2. The molecule has 0 aliphatic carbocycles. The molecule has 2 aromatic rings. The average Bonchev–Trinajstić information content (AvgIpc) is 2.53. The summed E-state index contributed by atoms with van der Waals surface area (Å²) in [6.45, 7) is 3.15. The summed E-state index contributed by atoms with van der Waals surface area (Å²) >= 11 is 3.41. The van der Waals surface area contributed by atoms with E-state index in [2.05, 4.69) is 48.2 Å². The zero-order valence-corrected chi connectivity index (χ0v) is 13.5. The predicted octanol–water partition coefficient (Wildman–Crippen LogP) is 3.32. The Labute approximate surface area is 133 Å². The topological polar surface area (TPSA) is 41.0 Å². The standard InChI is InChI=1S/C16H19BrN4/c17-13-4-5-16(19-11-13)20-14-6-9-21(10-7-14)12-15-3-1-2-8-18-15/h1-5,8,11,14H,6-7,9-10,12H2,(H,19,20). The van der Waals surface area contributed by atoms with Crippen molar-refractivity contribution in [2.24, 2.45) is 0 Å². The summed E-state index contributed by atoms with van der Waals surface area (Å²) in [6.07, 6.45) is 5.98. The van der Waals surface area contributed by atoms with Crippen LogP contribution in [0.1, 0.15) is 18.5 Å². The van der Waals surface area contributed by atoms with Crippen molar-refractivity contribution in [1.82, 2.24) is 14.9 Å². The molecule has 3 heterocycles. The third kappa shape index (κ3) is 4.25. The fourth-order valence-electron chi connectivity index (χ4n) is 2.63. The number of aromatic nitrogens is 2. The summed E-state index contributed by atoms with van der Waals surface area (Å²) < 4.78 is 1.01. The second-order valence-corrected chi connectivity index (χ2v) is 6.29. The van der Waals surface area contributed by atoms with E-state index in [9.17, 15) is 0 Å². The van der Waals surface area contributed by atoms with E-state index in [1.165, 1.54) is 0 Å². The van der Waals surface area contributed by atoms with Crippen molar-refractivity contribution in [2.45, 2.75) is 25.4 Å². The first-order chi connectivity index (χ1) is 10.3. The normalized spacial score (nSPS) is 16.8. The van der Waals surface area contributed by atoms with Crippen LogP contribution in [0.25, 0.3) is 0 Å². The predicted molar refractivity (Wildman–Crippen MR) is 88.1 cm³/mol. The summed E-state index contributed by atoms with van der Waals surface area (Å²) in [5.41, 5.74) is 1.15. The average molecular weight is 347 g/mol. The number of rotatable bonds is 4. The number of nitrogens with one attached hydrogen (secondary N) is 1. The molecule has 0 spiro atoms. The minimum Gasteiger partial charge on any atom is -0.367 e. The van der Waals surface area contributed by atoms with Crippen LogP contribution in [0.2, 0.25) is 0 Å². The van der Waals surface area contributed by atoms with E-state index >= 15 is 0 Å². The second-order valence-electron chi connectivity index (χ2n) is 5.38. The lowest BCUT2D eigenvalue weighted by molar-refractivity contribution is 0.209. The zero-order chi connectivity index (χ0) is 14.5. The molecule has 0 radical (unpaired) electrons. The Morgan fingerprint density at radius 3 is 2.67 bits per heavy atom. The minimum atomic E-state index is 0.513. The van der Waals surface area contributed by atoms with Crippen LogP contribution < -0.4 is 5.32 Å². The summed E-state index contributed by atoms with van der Waals surface area (Å²) in [7, 11) is 0. The molecule has 110 valence electrons. The van der Waals surface area contributed by atoms with Gasteiger partial charge in [0, 0.05) is 42.5 Å². The molecule has 5 heteroatoms. The third-order valence-electron chi connectivity index (χ3n) is 3.78. The number of anilines is 1. The smallest absolute Gasteiger partial charge is 0.126 e. The molecule has 1 aliphatic heterocycles. The lowest BCUT2D eigenvalue weighted by Gasteiger charge is -2.32. The van der Waals surface area contributed by atoms with E-state index in [0.717, 1.165) is 48.5 Å². The van der Waals surface area contributed by atoms with Crippen molar-refractivity contribution in [1.29, 1.82) is 0 Å². The first-order valence-electron chi connectivity index (χ1n) is 7.30. The first kappa shape index (κ1) is 14.5. The highest BCUT2D eigenvalue weighted by Gasteiger charge is 2.19. The number of likely N-dealkylation sites (tertiary alicyclic amines) is 1. The number of hydrogen-bond donors (Lipinski definition) is 1. The molecule has 1 N–H and O–H groups in total. The monoisotopic (exact) mass is 346 g/mol. The van der Waals surface area contributed by atoms with Crippen molar-refractivity contribution in [3.8, 4) is 0 Å². The van der Waals surface area contributed by atoms with Crippen LogP contribution in [-0.2, 0) is 6.54 Å². The Morgan fingerprint density at radius 1 is 1.14 bits per heavy atom. The third-order valence-corrected chi connectivity index (χ3v) is 4.25. The van der Waals surface area contributed by atoms with E-state index in [1.807, 2.05) is 30.6 Å². The molecule has 1 aliphatic rings. The molecule has 1 fully saturated rings. The molecule has 0 bridgehead atoms. The highest BCUT2D eigenvalue weighted by molar-refractivity contribution is 9.10. The van der Waals surface area contributed by atoms with Crippen LogP contribution in [-0.4, -0.2) is 34.0 Å². The molecule has 0 aromatic carbocycles. The van der Waals surface area contributed by atoms with Gasteiger partial charge in [-0.2, -0.15) is 0 Å². The lowest BCUT2D eigenvalue weighted by Crippen LogP contribution is -2.38. The van der Waals surface area contributed by atoms with Crippen molar-refractivity contribution < 1.29 is 0 Å². The molecule has 0 atom stereocenters. The molecule has 3 rings (SSSR count). The van der Waals surface area contributed by atoms with Crippen molar-refractivity contribution in [3.63, 3.8) is 0 Å². The molecule has 21 heavy (non-hydrogen) atoms. The quantitative estimate of drug-likeness (QED) is 0.921. The molecule has 1 saturated heterocycles. The van der Waals surface area contributed by atoms with Gasteiger partial charge in [-0.3, -0.25) is 9.88 Å². The SMILES string of the molecule is Brc1ccc(NC2CCN(Cc3ccccn3)CC2)nc1. The van der Waals surface area contributed by atoms with E-state index < -0.39 is 0 Å². The maximum atomic E-state index is 4.40. The Morgan fingerprint density at radius 2 is 2.00 bits per heavy atom. The minimum absolute atomic E-state index is 0.513. The van der Waals surface area contributed by atoms with Gasteiger partial charge in [-0.15, -0.1) is 0 Å². The van der Waals surface area contributed by atoms with Crippen molar-refractivity contribution in [3.05, 3.63) is 52.9 Å². The molecule has 2 aromatic heterocycles. The van der Waals surface area contributed by atoms with Gasteiger partial charge in [0.25, 0.3) is 0 Å². The van der Waals surface area contributed by atoms with Gasteiger partial charge in [0.2, 0.25) is 0 Å². The number of piperidine rings is 1. The Hall–Kier alpha value is -1.46. The Kier molecular flexibility index (Phi) is 4.83. The van der Waals surface area contributed by atoms with Crippen LogP contribution in [0, 0.1) is 0 Å². The van der Waals surface area contributed by atoms with Crippen LogP contribution >= 0.6 is 15.9 Å². The second kappa shape index (κ2) is 7.00. The molecule has 0 saturated carbocycles. The van der Waals surface area contributed by atoms with Gasteiger partial charge in [0.05, 0.1) is 5.69 Å². The fourth-order valence-corrected chi connectivity index (χ4v) is 2.86. The Bertz CT molecular complexity index is 550. The van der Waals surface area contributed by atoms with Crippen LogP contribution in [0.5, 0.6) is 0 Å². The van der Waals surface area contributed by atoms with Crippen LogP contribution in [0.15, 0.2) is 47.2 Å². The lowest BCUT2D eigenvalue weighted by atomic mass is 10.0. The number of nitrogens with zero attached hydrogens (tertiary/aromatic N) is 3. The van der Waals surface area contributed by atoms with Gasteiger partial charge >= 0.3 is 0 Å². The van der Waals surface area contributed by atoms with Gasteiger partial charge in [0.1, 0.15) is 5.82 Å². The van der Waals surface area contributed by atoms with Crippen LogP contribution in [0.3, 0.4) is 0 Å². The summed E-state index contributed by atoms with van der Waals surface area (Å²) in [5, 5.41) is 3.52. The van der Waals surface area contributed by atoms with Gasteiger partial charge in [0.15, 0.2) is 0 Å². The summed E-state index contributed by atoms with van der Waals surface area (Å²) in [6, 6.07) is 10.7. The number of hydrogen-bond acceptors (Lipinski definition) is 4. The molecular weight excluding hydrogens is 328 g/mol. The maximum absolute atomic E-state index is 4.40. The van der Waals surface area contributed by atoms with Gasteiger partial charge in [-0.1, -0.05) is 6.07 Å². The maximum Gasteiger partial charge on any atom is 0.126 e. The van der Waals surface area contributed by atoms with E-state index in [1.54, 1.807) is 0 Å². The zero-order valence-electron chi connectivity index (χ0n) is 11.9. The summed E-state index contributed by atoms with van der Waals surface area (Å²) in [4.78, 5) is 11.2. The van der Waals surface area contributed by atoms with Crippen molar-refractivity contribution >= 4 is 21.7 Å². The fraction of sp³-hybridized carbons (Fsp3) is 0.375. The van der Waals surface area contributed by atoms with Crippen LogP contribution in [0.4, 0.5) is 5.82 Å². The highest BCUT2D eigenvalue weighted by atomic mass is 79.9. The largest absolute Gasteiger partial charge is 0.367 e. The van der Waals surface area contributed by atoms with Crippen molar-refractivity contribution in [2.75, 3.05) is 18.4 Å². The molecular formula is C16H19BrN4. The first-order valence-corrected chi connectivity index (χ1v) is 8.09. The van der Waals surface area contributed by atoms with Gasteiger partial charge in [-0.25, -0.2) is 4.98 Å². The van der Waals surface area contributed by atoms with Gasteiger partial charge in [-0.05, 0) is 53.0 Å². The summed E-state index contributed by atoms with van der Waals surface area (Å²) in [5.74, 6) is 0.960. The van der Waals surface area contributed by atoms with E-state index in [0.29, 0.717) is 6.04 Å². The molecule has 0 amide bonds. The van der Waals surface area contributed by atoms with E-state index in [4.69, 9.17) is 0 Å². The van der Waals surface area contributed by atoms with E-state index in [-0.39, 0.29) is 0 Å². The Balaban J connectivity index is 1.47. The molecule has 4 nitrogen and oxygen atoms in total.